The Morgan fingerprint density at radius 1 is 1.70 bits per heavy atom. The average molecular weight is 150 g/mol. The topological polar surface area (TPSA) is 0 Å². The lowest BCUT2D eigenvalue weighted by molar-refractivity contribution is 1.73. The second kappa shape index (κ2) is 3.37. The summed E-state index contributed by atoms with van der Waals surface area (Å²) in [6.07, 6.45) is 3.95. The zero-order valence-electron chi connectivity index (χ0n) is 6.00. The molecule has 10 heavy (non-hydrogen) atoms. The van der Waals surface area contributed by atoms with Crippen molar-refractivity contribution in [3.8, 4) is 0 Å². The van der Waals surface area contributed by atoms with Gasteiger partial charge in [0.1, 0.15) is 0 Å². The van der Waals surface area contributed by atoms with Crippen LogP contribution in [0.4, 0.5) is 0 Å². The van der Waals surface area contributed by atoms with Gasteiger partial charge in [0.2, 0.25) is 0 Å². The van der Waals surface area contributed by atoms with Gasteiger partial charge in [0.05, 0.1) is 0 Å². The first-order chi connectivity index (χ1) is 4.88. The zero-order valence-corrected chi connectivity index (χ0v) is 6.82. The lowest BCUT2D eigenvalue weighted by atomic mass is 10.2. The molecule has 0 unspecified atom stereocenters. The third-order valence-electron chi connectivity index (χ3n) is 1.34. The maximum Gasteiger partial charge on any atom is 0.0339 e. The second-order valence-corrected chi connectivity index (χ2v) is 2.87. The van der Waals surface area contributed by atoms with Gasteiger partial charge in [0, 0.05) is 4.88 Å². The van der Waals surface area contributed by atoms with Gasteiger partial charge in [0.25, 0.3) is 0 Å². The largest absolute Gasteiger partial charge is 0.144 e. The summed E-state index contributed by atoms with van der Waals surface area (Å²) < 4.78 is 0. The van der Waals surface area contributed by atoms with E-state index in [1.807, 2.05) is 19.1 Å². The van der Waals surface area contributed by atoms with Crippen molar-refractivity contribution >= 4 is 16.9 Å². The highest BCUT2D eigenvalue weighted by Crippen LogP contribution is 2.20. The van der Waals surface area contributed by atoms with Crippen LogP contribution in [-0.4, -0.2) is 0 Å². The number of thiophene rings is 1. The fourth-order valence-corrected chi connectivity index (χ4v) is 1.60. The highest BCUT2D eigenvalue weighted by Gasteiger charge is 1.93. The van der Waals surface area contributed by atoms with Crippen molar-refractivity contribution < 1.29 is 0 Å². The van der Waals surface area contributed by atoms with Gasteiger partial charge in [-0.05, 0) is 23.9 Å². The van der Waals surface area contributed by atoms with Crippen molar-refractivity contribution in [3.63, 3.8) is 0 Å². The van der Waals surface area contributed by atoms with Gasteiger partial charge in [-0.2, -0.15) is 0 Å². The Labute approximate surface area is 65.5 Å². The molecule has 0 bridgehead atoms. The molecule has 0 aliphatic heterocycles. The van der Waals surface area contributed by atoms with Crippen LogP contribution in [0.3, 0.4) is 0 Å². The Balaban J connectivity index is 2.95. The molecule has 1 aromatic heterocycles. The summed E-state index contributed by atoms with van der Waals surface area (Å²) in [6, 6.07) is 4.15. The number of hydrogen-bond acceptors (Lipinski definition) is 1. The molecule has 0 spiro atoms. The van der Waals surface area contributed by atoms with Crippen molar-refractivity contribution in [1.29, 1.82) is 0 Å². The Morgan fingerprint density at radius 2 is 2.50 bits per heavy atom. The minimum absolute atomic E-state index is 1.22. The van der Waals surface area contributed by atoms with Crippen molar-refractivity contribution in [2.75, 3.05) is 0 Å². The molecular formula is C9H10S. The van der Waals surface area contributed by atoms with Crippen molar-refractivity contribution in [1.82, 2.24) is 0 Å². The van der Waals surface area contributed by atoms with Gasteiger partial charge >= 0.3 is 0 Å². The van der Waals surface area contributed by atoms with Crippen molar-refractivity contribution in [3.05, 3.63) is 41.1 Å². The molecule has 0 nitrogen and oxygen atoms in total. The Hall–Kier alpha value is -0.820. The predicted molar refractivity (Wildman–Crippen MR) is 48.2 cm³/mol. The van der Waals surface area contributed by atoms with Crippen LogP contribution in [0.25, 0.3) is 5.57 Å². The third kappa shape index (κ3) is 1.36. The van der Waals surface area contributed by atoms with Crippen LogP contribution < -0.4 is 0 Å². The van der Waals surface area contributed by atoms with E-state index in [0.717, 1.165) is 0 Å². The minimum Gasteiger partial charge on any atom is -0.144 e. The Morgan fingerprint density at radius 3 is 2.90 bits per heavy atom. The van der Waals surface area contributed by atoms with E-state index in [0.29, 0.717) is 0 Å². The second-order valence-electron chi connectivity index (χ2n) is 1.93. The monoisotopic (exact) mass is 150 g/mol. The highest BCUT2D eigenvalue weighted by molar-refractivity contribution is 7.11. The van der Waals surface area contributed by atoms with Crippen LogP contribution in [0.15, 0.2) is 36.2 Å². The standard InChI is InChI=1S/C9H10S/c1-3-8(4-2)9-6-5-7-10-9/h3-7H,1H2,2H3/b8-4+. The first kappa shape index (κ1) is 7.29. The van der Waals surface area contributed by atoms with Gasteiger partial charge in [-0.25, -0.2) is 0 Å². The van der Waals surface area contributed by atoms with Crippen LogP contribution in [0.5, 0.6) is 0 Å². The smallest absolute Gasteiger partial charge is 0.0339 e. The van der Waals surface area contributed by atoms with E-state index in [4.69, 9.17) is 0 Å². The first-order valence-corrected chi connectivity index (χ1v) is 4.09. The van der Waals surface area contributed by atoms with Gasteiger partial charge in [-0.15, -0.1) is 11.3 Å². The minimum atomic E-state index is 1.22. The molecule has 0 atom stereocenters. The van der Waals surface area contributed by atoms with Crippen molar-refractivity contribution in [2.45, 2.75) is 6.92 Å². The normalized spacial score (nSPS) is 11.5. The highest BCUT2D eigenvalue weighted by atomic mass is 32.1. The predicted octanol–water partition coefficient (Wildman–Crippen LogP) is 3.34. The van der Waals surface area contributed by atoms with Gasteiger partial charge in [0.15, 0.2) is 0 Å². The summed E-state index contributed by atoms with van der Waals surface area (Å²) in [5.74, 6) is 0. The molecule has 52 valence electrons. The molecule has 0 saturated carbocycles. The maximum atomic E-state index is 3.73. The number of hydrogen-bond donors (Lipinski definition) is 0. The van der Waals surface area contributed by atoms with Gasteiger partial charge in [-0.1, -0.05) is 24.8 Å². The van der Waals surface area contributed by atoms with Crippen LogP contribution in [0, 0.1) is 0 Å². The van der Waals surface area contributed by atoms with E-state index in [2.05, 4.69) is 24.1 Å². The fourth-order valence-electron chi connectivity index (χ4n) is 0.804. The lowest BCUT2D eigenvalue weighted by Gasteiger charge is -1.92. The van der Waals surface area contributed by atoms with E-state index in [9.17, 15) is 0 Å². The summed E-state index contributed by atoms with van der Waals surface area (Å²) in [7, 11) is 0. The molecule has 1 aromatic rings. The average Bonchev–Trinajstić information content (AvgIpc) is 2.43. The number of rotatable bonds is 2. The summed E-state index contributed by atoms with van der Waals surface area (Å²) >= 11 is 1.74. The van der Waals surface area contributed by atoms with E-state index in [1.54, 1.807) is 11.3 Å². The molecule has 0 fully saturated rings. The van der Waals surface area contributed by atoms with Crippen LogP contribution >= 0.6 is 11.3 Å². The molecule has 0 aliphatic carbocycles. The van der Waals surface area contributed by atoms with E-state index in [-0.39, 0.29) is 0 Å². The third-order valence-corrected chi connectivity index (χ3v) is 2.26. The summed E-state index contributed by atoms with van der Waals surface area (Å²) in [6.45, 7) is 5.75. The van der Waals surface area contributed by atoms with Crippen LogP contribution in [-0.2, 0) is 0 Å². The molecule has 0 aliphatic rings. The van der Waals surface area contributed by atoms with E-state index >= 15 is 0 Å². The molecule has 0 saturated heterocycles. The molecule has 1 heterocycles. The molecule has 0 N–H and O–H groups in total. The molecule has 0 radical (unpaired) electrons. The quantitative estimate of drug-likeness (QED) is 0.567. The first-order valence-electron chi connectivity index (χ1n) is 3.21. The number of allylic oxidation sites excluding steroid dienone is 3. The SMILES string of the molecule is C=C/C(=C\C)c1cccs1. The Kier molecular flexibility index (Phi) is 2.46. The van der Waals surface area contributed by atoms with Crippen molar-refractivity contribution in [2.24, 2.45) is 0 Å². The summed E-state index contributed by atoms with van der Waals surface area (Å²) in [5.41, 5.74) is 1.22. The van der Waals surface area contributed by atoms with E-state index < -0.39 is 0 Å². The maximum absolute atomic E-state index is 3.73. The zero-order chi connectivity index (χ0) is 7.40. The molecule has 1 heteroatoms. The lowest BCUT2D eigenvalue weighted by Crippen LogP contribution is -1.69. The van der Waals surface area contributed by atoms with Crippen LogP contribution in [0.1, 0.15) is 11.8 Å². The Bertz CT molecular complexity index is 229. The fraction of sp³-hybridized carbons (Fsp3) is 0.111. The molecular weight excluding hydrogens is 140 g/mol. The molecule has 1 rings (SSSR count). The molecule has 0 aromatic carbocycles. The van der Waals surface area contributed by atoms with Gasteiger partial charge < -0.3 is 0 Å². The summed E-state index contributed by atoms with van der Waals surface area (Å²) in [4.78, 5) is 1.29. The summed E-state index contributed by atoms with van der Waals surface area (Å²) in [5, 5.41) is 2.07. The van der Waals surface area contributed by atoms with E-state index in [1.165, 1.54) is 10.5 Å². The van der Waals surface area contributed by atoms with Crippen LogP contribution in [0.2, 0.25) is 0 Å². The molecule has 0 amide bonds. The van der Waals surface area contributed by atoms with Gasteiger partial charge in [-0.3, -0.25) is 0 Å².